The molecule has 0 radical (unpaired) electrons. The summed E-state index contributed by atoms with van der Waals surface area (Å²) in [6.07, 6.45) is 0.713. The number of hydrogen-bond acceptors (Lipinski definition) is 6. The molecule has 1 N–H and O–H groups in total. The van der Waals surface area contributed by atoms with Crippen LogP contribution in [0.1, 0.15) is 35.5 Å². The van der Waals surface area contributed by atoms with E-state index >= 15 is 0 Å². The molecule has 4 rings (SSSR count). The monoisotopic (exact) mass is 300 g/mol. The molecule has 0 saturated heterocycles. The summed E-state index contributed by atoms with van der Waals surface area (Å²) in [5.74, 6) is -0.528. The van der Waals surface area contributed by atoms with Gasteiger partial charge < -0.3 is 10.1 Å². The smallest absolute Gasteiger partial charge is 0.318 e. The van der Waals surface area contributed by atoms with Gasteiger partial charge in [0.1, 0.15) is 5.82 Å². The number of ether oxygens (including phenoxy) is 1. The van der Waals surface area contributed by atoms with Crippen LogP contribution < -0.4 is 5.32 Å². The van der Waals surface area contributed by atoms with E-state index in [0.717, 1.165) is 26.9 Å². The number of anilines is 1. The van der Waals surface area contributed by atoms with Gasteiger partial charge in [-0.3, -0.25) is 9.59 Å². The highest BCUT2D eigenvalue weighted by molar-refractivity contribution is 6.40. The fourth-order valence-corrected chi connectivity index (χ4v) is 3.16. The Morgan fingerprint density at radius 1 is 1.27 bits per heavy atom. The topological polar surface area (TPSA) is 86.1 Å². The van der Waals surface area contributed by atoms with Gasteiger partial charge in [0.05, 0.1) is 24.1 Å². The van der Waals surface area contributed by atoms with E-state index in [1.165, 1.54) is 0 Å². The van der Waals surface area contributed by atoms with Crippen molar-refractivity contribution in [3.63, 3.8) is 0 Å². The number of rotatable bonds is 0. The van der Waals surface area contributed by atoms with Crippen LogP contribution in [0.25, 0.3) is 11.0 Å². The zero-order valence-electron chi connectivity index (χ0n) is 12.7. The Morgan fingerprint density at radius 2 is 2.05 bits per heavy atom. The third kappa shape index (κ3) is 1.72. The minimum atomic E-state index is -0.607. The molecule has 0 atom stereocenters. The number of Topliss-reactive ketones (excluding diaryl/α,β-unsaturated/α-hetero) is 1. The molecular weight excluding hydrogens is 284 g/mol. The lowest BCUT2D eigenvalue weighted by molar-refractivity contribution is -0.114. The van der Waals surface area contributed by atoms with Gasteiger partial charge in [-0.15, -0.1) is 5.10 Å². The van der Waals surface area contributed by atoms with Gasteiger partial charge in [-0.05, 0) is 26.3 Å². The normalized spacial score (nSPS) is 19.8. The maximum absolute atomic E-state index is 12.0. The van der Waals surface area contributed by atoms with E-state index < -0.39 is 11.7 Å². The first-order chi connectivity index (χ1) is 10.4. The first-order valence-corrected chi connectivity index (χ1v) is 7.24. The number of aryl methyl sites for hydroxylation is 1. The molecule has 0 spiro atoms. The molecule has 0 aliphatic carbocycles. The molecule has 2 aromatic rings. The van der Waals surface area contributed by atoms with Crippen molar-refractivity contribution in [3.05, 3.63) is 16.8 Å². The molecule has 2 aliphatic rings. The predicted molar refractivity (Wildman–Crippen MR) is 79.0 cm³/mol. The maximum atomic E-state index is 12.0. The number of carbonyl (C=O) groups is 2. The molecule has 2 aliphatic heterocycles. The molecule has 0 saturated carbocycles. The van der Waals surface area contributed by atoms with E-state index in [1.54, 1.807) is 0 Å². The second kappa shape index (κ2) is 4.13. The molecule has 7 nitrogen and oxygen atoms in total. The van der Waals surface area contributed by atoms with E-state index in [-0.39, 0.29) is 12.1 Å². The fourth-order valence-electron chi connectivity index (χ4n) is 3.16. The SMILES string of the molecule is Cc1nc2nn3c(c2c2c1COC(C)(C)C2)NCC(=O)C3=O. The standard InChI is InChI=1S/C15H16N4O3/c1-7-9-6-22-15(2,3)4-8(9)11-12(17-7)18-19-13(11)16-5-10(20)14(19)21/h16H,4-6H2,1-3H3. The third-order valence-corrected chi connectivity index (χ3v) is 4.30. The predicted octanol–water partition coefficient (Wildman–Crippen LogP) is 1.23. The van der Waals surface area contributed by atoms with Crippen molar-refractivity contribution in [2.75, 3.05) is 11.9 Å². The minimum absolute atomic E-state index is 0.00215. The van der Waals surface area contributed by atoms with Gasteiger partial charge in [-0.2, -0.15) is 4.68 Å². The minimum Gasteiger partial charge on any atom is -0.370 e. The average Bonchev–Trinajstić information content (AvgIpc) is 2.81. The first-order valence-electron chi connectivity index (χ1n) is 7.24. The quantitative estimate of drug-likeness (QED) is 0.736. The van der Waals surface area contributed by atoms with Crippen LogP contribution in [0.3, 0.4) is 0 Å². The first kappa shape index (κ1) is 13.4. The summed E-state index contributed by atoms with van der Waals surface area (Å²) in [5.41, 5.74) is 3.23. The van der Waals surface area contributed by atoms with Crippen LogP contribution in [0.2, 0.25) is 0 Å². The lowest BCUT2D eigenvalue weighted by Crippen LogP contribution is -2.35. The van der Waals surface area contributed by atoms with Crippen LogP contribution in [0, 0.1) is 6.92 Å². The number of nitrogens with zero attached hydrogens (tertiary/aromatic N) is 3. The second-order valence-electron chi connectivity index (χ2n) is 6.42. The fraction of sp³-hybridized carbons (Fsp3) is 0.467. The van der Waals surface area contributed by atoms with Crippen molar-refractivity contribution in [2.45, 2.75) is 39.4 Å². The molecule has 22 heavy (non-hydrogen) atoms. The van der Waals surface area contributed by atoms with Crippen molar-refractivity contribution in [3.8, 4) is 0 Å². The van der Waals surface area contributed by atoms with Crippen LogP contribution in [0.15, 0.2) is 0 Å². The summed E-state index contributed by atoms with van der Waals surface area (Å²) >= 11 is 0. The zero-order valence-corrected chi connectivity index (χ0v) is 12.7. The van der Waals surface area contributed by atoms with Crippen molar-refractivity contribution < 1.29 is 14.3 Å². The Hall–Kier alpha value is -2.28. The van der Waals surface area contributed by atoms with Crippen LogP contribution in [0.4, 0.5) is 5.82 Å². The summed E-state index contributed by atoms with van der Waals surface area (Å²) in [4.78, 5) is 28.1. The molecule has 2 aromatic heterocycles. The number of aromatic nitrogens is 3. The Bertz CT molecular complexity index is 850. The summed E-state index contributed by atoms with van der Waals surface area (Å²) in [5, 5.41) is 8.08. The molecule has 0 amide bonds. The van der Waals surface area contributed by atoms with E-state index in [9.17, 15) is 9.59 Å². The summed E-state index contributed by atoms with van der Waals surface area (Å²) in [6.45, 7) is 6.49. The summed E-state index contributed by atoms with van der Waals surface area (Å²) in [7, 11) is 0. The van der Waals surface area contributed by atoms with Gasteiger partial charge in [0.25, 0.3) is 0 Å². The van der Waals surface area contributed by atoms with Gasteiger partial charge in [-0.1, -0.05) is 0 Å². The molecule has 0 aromatic carbocycles. The van der Waals surface area contributed by atoms with Crippen molar-refractivity contribution in [1.29, 1.82) is 0 Å². The second-order valence-corrected chi connectivity index (χ2v) is 6.42. The Kier molecular flexibility index (Phi) is 2.51. The lowest BCUT2D eigenvalue weighted by atomic mass is 9.89. The van der Waals surface area contributed by atoms with Crippen LogP contribution >= 0.6 is 0 Å². The average molecular weight is 300 g/mol. The number of ketones is 1. The molecule has 0 unspecified atom stereocenters. The van der Waals surface area contributed by atoms with Gasteiger partial charge in [0.15, 0.2) is 5.65 Å². The summed E-state index contributed by atoms with van der Waals surface area (Å²) in [6, 6.07) is 0. The molecular formula is C15H16N4O3. The Morgan fingerprint density at radius 3 is 2.82 bits per heavy atom. The van der Waals surface area contributed by atoms with E-state index in [1.807, 2.05) is 20.8 Å². The largest absolute Gasteiger partial charge is 0.370 e. The molecule has 0 bridgehead atoms. The molecule has 114 valence electrons. The highest BCUT2D eigenvalue weighted by atomic mass is 16.5. The Balaban J connectivity index is 2.05. The number of fused-ring (bicyclic) bond motifs is 5. The van der Waals surface area contributed by atoms with Gasteiger partial charge in [-0.25, -0.2) is 4.98 Å². The van der Waals surface area contributed by atoms with Crippen LogP contribution in [-0.2, 0) is 22.6 Å². The lowest BCUT2D eigenvalue weighted by Gasteiger charge is -2.32. The van der Waals surface area contributed by atoms with Crippen LogP contribution in [-0.4, -0.2) is 38.6 Å². The maximum Gasteiger partial charge on any atom is 0.318 e. The zero-order chi connectivity index (χ0) is 15.6. The van der Waals surface area contributed by atoms with Crippen molar-refractivity contribution in [1.82, 2.24) is 14.8 Å². The Labute approximate surface area is 126 Å². The molecule has 7 heteroatoms. The number of hydrogen-bond donors (Lipinski definition) is 1. The van der Waals surface area contributed by atoms with Gasteiger partial charge in [0, 0.05) is 17.7 Å². The van der Waals surface area contributed by atoms with E-state index in [0.29, 0.717) is 24.5 Å². The van der Waals surface area contributed by atoms with Crippen molar-refractivity contribution in [2.24, 2.45) is 0 Å². The van der Waals surface area contributed by atoms with E-state index in [4.69, 9.17) is 4.74 Å². The number of pyridine rings is 1. The number of nitrogens with one attached hydrogen (secondary N) is 1. The van der Waals surface area contributed by atoms with Crippen molar-refractivity contribution >= 4 is 28.5 Å². The van der Waals surface area contributed by atoms with Gasteiger partial charge in [0.2, 0.25) is 5.78 Å². The molecule has 4 heterocycles. The highest BCUT2D eigenvalue weighted by Gasteiger charge is 2.34. The highest BCUT2D eigenvalue weighted by Crippen LogP contribution is 2.37. The summed E-state index contributed by atoms with van der Waals surface area (Å²) < 4.78 is 7.02. The number of carbonyl (C=O) groups excluding carboxylic acids is 2. The van der Waals surface area contributed by atoms with Gasteiger partial charge >= 0.3 is 5.91 Å². The molecule has 0 fully saturated rings. The van der Waals surface area contributed by atoms with Crippen LogP contribution in [0.5, 0.6) is 0 Å². The third-order valence-electron chi connectivity index (χ3n) is 4.30. The van der Waals surface area contributed by atoms with E-state index in [2.05, 4.69) is 15.4 Å².